The Bertz CT molecular complexity index is 1050. The molecule has 2 heterocycles. The van der Waals surface area contributed by atoms with Crippen molar-refractivity contribution in [1.82, 2.24) is 14.7 Å². The minimum absolute atomic E-state index is 0.536. The van der Waals surface area contributed by atoms with Crippen LogP contribution in [0.15, 0.2) is 42.5 Å². The summed E-state index contributed by atoms with van der Waals surface area (Å²) in [6.07, 6.45) is 0.777. The number of halogens is 2. The van der Waals surface area contributed by atoms with Crippen LogP contribution in [0.25, 0.3) is 0 Å². The Hall–Kier alpha value is -2.52. The molecule has 0 unspecified atom stereocenters. The van der Waals surface area contributed by atoms with E-state index >= 15 is 0 Å². The van der Waals surface area contributed by atoms with E-state index in [1.165, 1.54) is 5.56 Å². The predicted octanol–water partition coefficient (Wildman–Crippen LogP) is 5.43. The maximum absolute atomic E-state index is 8.97. The van der Waals surface area contributed by atoms with Crippen LogP contribution in [0.1, 0.15) is 29.4 Å². The summed E-state index contributed by atoms with van der Waals surface area (Å²) in [6, 6.07) is 15.1. The van der Waals surface area contributed by atoms with Crippen LogP contribution in [0.4, 0.5) is 0 Å². The second-order valence-electron chi connectivity index (χ2n) is 7.03. The number of hydrogen-bond donors (Lipinski definition) is 0. The summed E-state index contributed by atoms with van der Waals surface area (Å²) >= 11 is 12.3. The molecule has 1 aliphatic rings. The van der Waals surface area contributed by atoms with Gasteiger partial charge in [0.25, 0.3) is 0 Å². The van der Waals surface area contributed by atoms with Gasteiger partial charge in [-0.15, -0.1) is 0 Å². The van der Waals surface area contributed by atoms with Gasteiger partial charge in [-0.3, -0.25) is 9.58 Å². The van der Waals surface area contributed by atoms with Crippen molar-refractivity contribution in [2.75, 3.05) is 6.54 Å². The number of ether oxygens (including phenoxy) is 1. The second-order valence-corrected chi connectivity index (χ2v) is 7.90. The van der Waals surface area contributed by atoms with Gasteiger partial charge in [0.2, 0.25) is 0 Å². The van der Waals surface area contributed by atoms with Gasteiger partial charge in [-0.05, 0) is 42.3 Å². The molecule has 5 nitrogen and oxygen atoms in total. The second kappa shape index (κ2) is 8.46. The molecule has 7 heteroatoms. The highest BCUT2D eigenvalue weighted by molar-refractivity contribution is 6.34. The van der Waals surface area contributed by atoms with Crippen LogP contribution in [0.2, 0.25) is 10.0 Å². The van der Waals surface area contributed by atoms with Gasteiger partial charge < -0.3 is 4.74 Å². The summed E-state index contributed by atoms with van der Waals surface area (Å²) in [7, 11) is 0. The number of aryl methyl sites for hydroxylation is 1. The fourth-order valence-corrected chi connectivity index (χ4v) is 4.04. The van der Waals surface area contributed by atoms with Crippen LogP contribution in [0, 0.1) is 11.3 Å². The Labute approximate surface area is 180 Å². The molecule has 29 heavy (non-hydrogen) atoms. The molecule has 2 aromatic carbocycles. The van der Waals surface area contributed by atoms with Gasteiger partial charge in [0.1, 0.15) is 11.4 Å². The first kappa shape index (κ1) is 19.8. The first-order valence-corrected chi connectivity index (χ1v) is 10.2. The van der Waals surface area contributed by atoms with E-state index in [-0.39, 0.29) is 0 Å². The third-order valence-electron chi connectivity index (χ3n) is 4.96. The number of rotatable bonds is 5. The quantitative estimate of drug-likeness (QED) is 0.545. The first-order chi connectivity index (χ1) is 14.1. The Balaban J connectivity index is 1.57. The van der Waals surface area contributed by atoms with Gasteiger partial charge in [-0.25, -0.2) is 0 Å². The third kappa shape index (κ3) is 4.40. The van der Waals surface area contributed by atoms with Gasteiger partial charge in [-0.2, -0.15) is 10.4 Å². The molecule has 4 rings (SSSR count). The molecule has 0 atom stereocenters. The SMILES string of the molecule is CCc1nn2c(c1Oc1cc(Cl)cc(Cl)c1)CN(Cc1ccc(C#N)cc1)CC2. The Morgan fingerprint density at radius 2 is 1.83 bits per heavy atom. The maximum atomic E-state index is 8.97. The average molecular weight is 427 g/mol. The molecule has 0 spiro atoms. The summed E-state index contributed by atoms with van der Waals surface area (Å²) < 4.78 is 8.25. The smallest absolute Gasteiger partial charge is 0.173 e. The molecule has 0 saturated heterocycles. The van der Waals surface area contributed by atoms with Crippen LogP contribution in [-0.2, 0) is 26.1 Å². The minimum atomic E-state index is 0.536. The highest BCUT2D eigenvalue weighted by atomic mass is 35.5. The van der Waals surface area contributed by atoms with Crippen molar-refractivity contribution in [3.8, 4) is 17.6 Å². The van der Waals surface area contributed by atoms with E-state index in [4.69, 9.17) is 38.3 Å². The molecular formula is C22H20Cl2N4O. The van der Waals surface area contributed by atoms with E-state index < -0.39 is 0 Å². The van der Waals surface area contributed by atoms with Gasteiger partial charge in [-0.1, -0.05) is 42.3 Å². The summed E-state index contributed by atoms with van der Waals surface area (Å²) in [5.74, 6) is 1.40. The third-order valence-corrected chi connectivity index (χ3v) is 5.40. The zero-order valence-corrected chi connectivity index (χ0v) is 17.5. The lowest BCUT2D eigenvalue weighted by Crippen LogP contribution is -2.33. The van der Waals surface area contributed by atoms with E-state index in [1.807, 2.05) is 28.9 Å². The molecule has 3 aromatic rings. The van der Waals surface area contributed by atoms with Gasteiger partial charge >= 0.3 is 0 Å². The zero-order chi connectivity index (χ0) is 20.4. The number of hydrogen-bond acceptors (Lipinski definition) is 4. The lowest BCUT2D eigenvalue weighted by atomic mass is 10.1. The summed E-state index contributed by atoms with van der Waals surface area (Å²) in [4.78, 5) is 2.36. The number of benzene rings is 2. The summed E-state index contributed by atoms with van der Waals surface area (Å²) in [6.45, 7) is 5.32. The monoisotopic (exact) mass is 426 g/mol. The number of fused-ring (bicyclic) bond motifs is 1. The zero-order valence-electron chi connectivity index (χ0n) is 16.0. The van der Waals surface area contributed by atoms with E-state index in [0.717, 1.165) is 49.7 Å². The van der Waals surface area contributed by atoms with Crippen molar-refractivity contribution in [3.63, 3.8) is 0 Å². The predicted molar refractivity (Wildman–Crippen MR) is 113 cm³/mol. The topological polar surface area (TPSA) is 54.1 Å². The Morgan fingerprint density at radius 1 is 1.10 bits per heavy atom. The molecular weight excluding hydrogens is 407 g/mol. The largest absolute Gasteiger partial charge is 0.453 e. The van der Waals surface area contributed by atoms with E-state index in [0.29, 0.717) is 21.4 Å². The molecule has 0 saturated carbocycles. The number of nitriles is 1. The van der Waals surface area contributed by atoms with Crippen LogP contribution in [-0.4, -0.2) is 21.2 Å². The molecule has 0 bridgehead atoms. The maximum Gasteiger partial charge on any atom is 0.173 e. The summed E-state index contributed by atoms with van der Waals surface area (Å²) in [5, 5.41) is 14.8. The van der Waals surface area contributed by atoms with Crippen molar-refractivity contribution >= 4 is 23.2 Å². The van der Waals surface area contributed by atoms with Crippen molar-refractivity contribution in [3.05, 3.63) is 75.0 Å². The molecule has 148 valence electrons. The fraction of sp³-hybridized carbons (Fsp3) is 0.273. The highest BCUT2D eigenvalue weighted by Crippen LogP contribution is 2.35. The first-order valence-electron chi connectivity index (χ1n) is 9.49. The lowest BCUT2D eigenvalue weighted by molar-refractivity contribution is 0.202. The number of nitrogens with zero attached hydrogens (tertiary/aromatic N) is 4. The van der Waals surface area contributed by atoms with Gasteiger partial charge in [0, 0.05) is 29.7 Å². The van der Waals surface area contributed by atoms with E-state index in [1.54, 1.807) is 18.2 Å². The van der Waals surface area contributed by atoms with E-state index in [9.17, 15) is 0 Å². The van der Waals surface area contributed by atoms with Gasteiger partial charge in [0.05, 0.1) is 23.9 Å². The molecule has 0 N–H and O–H groups in total. The lowest BCUT2D eigenvalue weighted by Gasteiger charge is -2.28. The molecule has 1 aliphatic heterocycles. The van der Waals surface area contributed by atoms with Crippen LogP contribution < -0.4 is 4.74 Å². The molecule has 0 amide bonds. The molecule has 1 aromatic heterocycles. The molecule has 0 aliphatic carbocycles. The van der Waals surface area contributed by atoms with Crippen molar-refractivity contribution in [2.24, 2.45) is 0 Å². The van der Waals surface area contributed by atoms with Crippen molar-refractivity contribution < 1.29 is 4.74 Å². The highest BCUT2D eigenvalue weighted by Gasteiger charge is 2.25. The van der Waals surface area contributed by atoms with Crippen LogP contribution >= 0.6 is 23.2 Å². The average Bonchev–Trinajstić information content (AvgIpc) is 3.05. The molecule has 0 fully saturated rings. The van der Waals surface area contributed by atoms with E-state index in [2.05, 4.69) is 17.9 Å². The Morgan fingerprint density at radius 3 is 2.48 bits per heavy atom. The normalized spacial score (nSPS) is 13.7. The summed E-state index contributed by atoms with van der Waals surface area (Å²) in [5.41, 5.74) is 3.83. The fourth-order valence-electron chi connectivity index (χ4n) is 3.53. The standard InChI is InChI=1S/C22H20Cl2N4O/c1-2-20-22(29-19-10-17(23)9-18(24)11-19)21-14-27(7-8-28(21)26-20)13-16-5-3-15(12-25)4-6-16/h3-6,9-11H,2,7-8,13-14H2,1H3. The number of aromatic nitrogens is 2. The van der Waals surface area contributed by atoms with Gasteiger partial charge in [0.15, 0.2) is 5.75 Å². The van der Waals surface area contributed by atoms with Crippen LogP contribution in [0.5, 0.6) is 11.5 Å². The Kier molecular flexibility index (Phi) is 5.77. The van der Waals surface area contributed by atoms with Crippen molar-refractivity contribution in [2.45, 2.75) is 33.0 Å². The molecule has 0 radical (unpaired) electrons. The minimum Gasteiger partial charge on any atom is -0.453 e. The van der Waals surface area contributed by atoms with Crippen molar-refractivity contribution in [1.29, 1.82) is 5.26 Å². The van der Waals surface area contributed by atoms with Crippen LogP contribution in [0.3, 0.4) is 0 Å².